The maximum atomic E-state index is 12.6. The van der Waals surface area contributed by atoms with E-state index in [4.69, 9.17) is 4.74 Å². The lowest BCUT2D eigenvalue weighted by Gasteiger charge is -2.17. The quantitative estimate of drug-likeness (QED) is 0.733. The van der Waals surface area contributed by atoms with Gasteiger partial charge in [0, 0.05) is 48.2 Å². The number of hydrogen-bond donors (Lipinski definition) is 0. The highest BCUT2D eigenvalue weighted by Gasteiger charge is 2.28. The van der Waals surface area contributed by atoms with Crippen molar-refractivity contribution in [2.24, 2.45) is 0 Å². The van der Waals surface area contributed by atoms with Crippen LogP contribution in [0.1, 0.15) is 16.8 Å². The van der Waals surface area contributed by atoms with E-state index in [1.165, 1.54) is 11.3 Å². The zero-order valence-electron chi connectivity index (χ0n) is 13.0. The minimum absolute atomic E-state index is 0.0271. The van der Waals surface area contributed by atoms with Gasteiger partial charge in [0.1, 0.15) is 6.10 Å². The number of amides is 1. The van der Waals surface area contributed by atoms with E-state index >= 15 is 0 Å². The van der Waals surface area contributed by atoms with Gasteiger partial charge < -0.3 is 14.2 Å². The highest BCUT2D eigenvalue weighted by atomic mass is 32.1. The number of ether oxygens (including phenoxy) is 1. The van der Waals surface area contributed by atoms with Gasteiger partial charge >= 0.3 is 0 Å². The minimum Gasteiger partial charge on any atom is -0.465 e. The molecule has 0 radical (unpaired) electrons. The Labute approximate surface area is 144 Å². The van der Waals surface area contributed by atoms with E-state index in [2.05, 4.69) is 4.98 Å². The highest BCUT2D eigenvalue weighted by Crippen LogP contribution is 2.22. The lowest BCUT2D eigenvalue weighted by atomic mass is 10.2. The van der Waals surface area contributed by atoms with Gasteiger partial charge in [0.15, 0.2) is 0 Å². The normalized spacial score (nSPS) is 17.2. The van der Waals surface area contributed by atoms with Gasteiger partial charge in [0.2, 0.25) is 0 Å². The van der Waals surface area contributed by atoms with Crippen LogP contribution in [-0.2, 0) is 0 Å². The van der Waals surface area contributed by atoms with E-state index in [0.717, 1.165) is 12.1 Å². The summed E-state index contributed by atoms with van der Waals surface area (Å²) < 4.78 is 7.83. The van der Waals surface area contributed by atoms with Gasteiger partial charge in [-0.3, -0.25) is 4.79 Å². The molecular weight excluding hydrogens is 322 g/mol. The molecule has 1 fully saturated rings. The van der Waals surface area contributed by atoms with Crippen LogP contribution in [0.5, 0.6) is 5.19 Å². The number of aromatic nitrogens is 2. The van der Waals surface area contributed by atoms with Crippen LogP contribution in [0.15, 0.2) is 60.4 Å². The molecule has 1 amide bonds. The van der Waals surface area contributed by atoms with Gasteiger partial charge in [-0.2, -0.15) is 0 Å². The van der Waals surface area contributed by atoms with Crippen molar-refractivity contribution in [2.75, 3.05) is 13.1 Å². The molecule has 0 spiro atoms. The average molecular weight is 339 g/mol. The summed E-state index contributed by atoms with van der Waals surface area (Å²) in [5, 5.41) is 2.56. The molecule has 0 N–H and O–H groups in total. The van der Waals surface area contributed by atoms with Crippen LogP contribution in [0.2, 0.25) is 0 Å². The van der Waals surface area contributed by atoms with Crippen molar-refractivity contribution in [1.29, 1.82) is 0 Å². The smallest absolute Gasteiger partial charge is 0.273 e. The predicted molar refractivity (Wildman–Crippen MR) is 92.8 cm³/mol. The maximum absolute atomic E-state index is 12.6. The van der Waals surface area contributed by atoms with Crippen molar-refractivity contribution >= 4 is 17.2 Å². The zero-order valence-corrected chi connectivity index (χ0v) is 13.9. The fraction of sp³-hybridized carbons (Fsp3) is 0.222. The molecule has 0 saturated carbocycles. The van der Waals surface area contributed by atoms with Crippen molar-refractivity contribution in [1.82, 2.24) is 14.5 Å². The number of nitrogens with zero attached hydrogens (tertiary/aromatic N) is 3. The largest absolute Gasteiger partial charge is 0.465 e. The second-order valence-electron chi connectivity index (χ2n) is 5.71. The molecular formula is C18H17N3O2S. The first-order valence-electron chi connectivity index (χ1n) is 7.88. The summed E-state index contributed by atoms with van der Waals surface area (Å²) in [7, 11) is 0. The van der Waals surface area contributed by atoms with Crippen LogP contribution in [0.3, 0.4) is 0 Å². The van der Waals surface area contributed by atoms with E-state index in [0.29, 0.717) is 23.8 Å². The topological polar surface area (TPSA) is 47.4 Å². The Bertz CT molecular complexity index is 797. The third-order valence-corrected chi connectivity index (χ3v) is 4.79. The summed E-state index contributed by atoms with van der Waals surface area (Å²) in [5.74, 6) is 0.0549. The molecule has 2 aromatic heterocycles. The first kappa shape index (κ1) is 15.0. The molecule has 0 aliphatic carbocycles. The Morgan fingerprint density at radius 2 is 2.00 bits per heavy atom. The van der Waals surface area contributed by atoms with E-state index < -0.39 is 0 Å². The Balaban J connectivity index is 1.41. The second-order valence-corrected chi connectivity index (χ2v) is 6.57. The van der Waals surface area contributed by atoms with E-state index in [9.17, 15) is 4.79 Å². The number of hydrogen-bond acceptors (Lipinski definition) is 4. The molecule has 1 aliphatic rings. The lowest BCUT2D eigenvalue weighted by Crippen LogP contribution is -2.30. The first-order chi connectivity index (χ1) is 11.8. The van der Waals surface area contributed by atoms with Crippen LogP contribution in [0.4, 0.5) is 0 Å². The standard InChI is InChI=1S/C18H17N3O2S/c22-17(14-3-5-15(6-4-14)20-9-1-2-10-20)21-11-7-16(13-21)23-18-19-8-12-24-18/h1-6,8-10,12,16H,7,11,13H2. The van der Waals surface area contributed by atoms with Gasteiger partial charge in [0.05, 0.1) is 6.54 Å². The second kappa shape index (κ2) is 6.49. The van der Waals surface area contributed by atoms with Gasteiger partial charge in [0.25, 0.3) is 11.1 Å². The van der Waals surface area contributed by atoms with Crippen molar-refractivity contribution in [2.45, 2.75) is 12.5 Å². The Hall–Kier alpha value is -2.60. The number of thiazole rings is 1. The molecule has 24 heavy (non-hydrogen) atoms. The van der Waals surface area contributed by atoms with Crippen LogP contribution >= 0.6 is 11.3 Å². The summed E-state index contributed by atoms with van der Waals surface area (Å²) in [6, 6.07) is 11.6. The zero-order chi connectivity index (χ0) is 16.4. The molecule has 122 valence electrons. The molecule has 6 heteroatoms. The predicted octanol–water partition coefficient (Wildman–Crippen LogP) is 3.23. The number of rotatable bonds is 4. The minimum atomic E-state index is 0.0271. The molecule has 1 atom stereocenters. The van der Waals surface area contributed by atoms with Crippen molar-refractivity contribution < 1.29 is 9.53 Å². The van der Waals surface area contributed by atoms with Gasteiger partial charge in [-0.1, -0.05) is 11.3 Å². The summed E-state index contributed by atoms with van der Waals surface area (Å²) in [5.41, 5.74) is 1.75. The van der Waals surface area contributed by atoms with Crippen molar-refractivity contribution in [3.63, 3.8) is 0 Å². The molecule has 1 aromatic carbocycles. The SMILES string of the molecule is O=C(c1ccc(-n2cccc2)cc1)N1CCC(Oc2nccs2)C1. The van der Waals surface area contributed by atoms with Crippen molar-refractivity contribution in [3.05, 3.63) is 65.9 Å². The molecule has 1 aliphatic heterocycles. The summed E-state index contributed by atoms with van der Waals surface area (Å²) in [4.78, 5) is 18.6. The maximum Gasteiger partial charge on any atom is 0.273 e. The van der Waals surface area contributed by atoms with Crippen LogP contribution in [0.25, 0.3) is 5.69 Å². The fourth-order valence-electron chi connectivity index (χ4n) is 2.89. The lowest BCUT2D eigenvalue weighted by molar-refractivity contribution is 0.0772. The van der Waals surface area contributed by atoms with E-state index in [1.807, 2.05) is 63.6 Å². The molecule has 3 heterocycles. The van der Waals surface area contributed by atoms with Gasteiger partial charge in [-0.05, 0) is 36.4 Å². The third-order valence-electron chi connectivity index (χ3n) is 4.13. The summed E-state index contributed by atoms with van der Waals surface area (Å²) >= 11 is 1.48. The van der Waals surface area contributed by atoms with Crippen molar-refractivity contribution in [3.8, 4) is 10.9 Å². The van der Waals surface area contributed by atoms with Crippen LogP contribution < -0.4 is 4.74 Å². The van der Waals surface area contributed by atoms with E-state index in [1.54, 1.807) is 6.20 Å². The summed E-state index contributed by atoms with van der Waals surface area (Å²) in [6.45, 7) is 1.33. The molecule has 1 unspecified atom stereocenters. The average Bonchev–Trinajstić information content (AvgIpc) is 3.37. The highest BCUT2D eigenvalue weighted by molar-refractivity contribution is 7.11. The number of likely N-dealkylation sites (tertiary alicyclic amines) is 1. The third kappa shape index (κ3) is 3.05. The Kier molecular flexibility index (Phi) is 4.04. The number of carbonyl (C=O) groups excluding carboxylic acids is 1. The fourth-order valence-corrected chi connectivity index (χ4v) is 3.44. The van der Waals surface area contributed by atoms with E-state index in [-0.39, 0.29) is 12.0 Å². The molecule has 5 nitrogen and oxygen atoms in total. The first-order valence-corrected chi connectivity index (χ1v) is 8.76. The monoisotopic (exact) mass is 339 g/mol. The molecule has 4 rings (SSSR count). The Morgan fingerprint density at radius 3 is 2.71 bits per heavy atom. The van der Waals surface area contributed by atoms with Crippen LogP contribution in [-0.4, -0.2) is 39.6 Å². The molecule has 3 aromatic rings. The summed E-state index contributed by atoms with van der Waals surface area (Å²) in [6.07, 6.45) is 6.56. The number of carbonyl (C=O) groups is 1. The van der Waals surface area contributed by atoms with Gasteiger partial charge in [-0.15, -0.1) is 0 Å². The number of benzene rings is 1. The Morgan fingerprint density at radius 1 is 1.21 bits per heavy atom. The van der Waals surface area contributed by atoms with Crippen LogP contribution in [0, 0.1) is 0 Å². The van der Waals surface area contributed by atoms with Gasteiger partial charge in [-0.25, -0.2) is 4.98 Å². The molecule has 0 bridgehead atoms. The molecule has 1 saturated heterocycles.